The van der Waals surface area contributed by atoms with Crippen molar-refractivity contribution in [1.82, 2.24) is 4.98 Å². The van der Waals surface area contributed by atoms with Gasteiger partial charge >= 0.3 is 0 Å². The van der Waals surface area contributed by atoms with Gasteiger partial charge in [-0.25, -0.2) is 4.98 Å². The van der Waals surface area contributed by atoms with E-state index in [-0.39, 0.29) is 0 Å². The lowest BCUT2D eigenvalue weighted by Gasteiger charge is -1.98. The number of hydrogen-bond acceptors (Lipinski definition) is 2. The number of hydrogen-bond donors (Lipinski definition) is 0. The Morgan fingerprint density at radius 2 is 2.45 bits per heavy atom. The van der Waals surface area contributed by atoms with E-state index in [1.807, 2.05) is 6.92 Å². The first-order valence-corrected chi connectivity index (χ1v) is 5.53. The van der Waals surface area contributed by atoms with Crippen LogP contribution in [0, 0.1) is 6.92 Å². The monoisotopic (exact) mass is 233 g/mol. The van der Waals surface area contributed by atoms with E-state index in [9.17, 15) is 0 Å². The van der Waals surface area contributed by atoms with Crippen LogP contribution in [0.15, 0.2) is 5.38 Å². The highest BCUT2D eigenvalue weighted by molar-refractivity contribution is 9.09. The van der Waals surface area contributed by atoms with Crippen molar-refractivity contribution in [3.8, 4) is 0 Å². The van der Waals surface area contributed by atoms with Crippen molar-refractivity contribution in [1.29, 1.82) is 0 Å². The molecule has 1 aromatic heterocycles. The zero-order chi connectivity index (χ0) is 8.27. The molecular weight excluding hydrogens is 222 g/mol. The molecule has 11 heavy (non-hydrogen) atoms. The van der Waals surface area contributed by atoms with Crippen LogP contribution in [0.4, 0.5) is 0 Å². The lowest BCUT2D eigenvalue weighted by Crippen LogP contribution is -1.93. The number of nitrogens with zero attached hydrogens (tertiary/aromatic N) is 1. The standard InChI is InChI=1S/C8H12BrNS/c1-6(9)3-4-8-10-7(2)5-11-8/h5-6H,3-4H2,1-2H3. The molecule has 1 aromatic rings. The van der Waals surface area contributed by atoms with Crippen LogP contribution in [0.5, 0.6) is 0 Å². The van der Waals surface area contributed by atoms with E-state index in [4.69, 9.17) is 0 Å². The summed E-state index contributed by atoms with van der Waals surface area (Å²) >= 11 is 5.28. The first-order valence-electron chi connectivity index (χ1n) is 3.73. The number of aryl methyl sites for hydroxylation is 2. The molecule has 0 aromatic carbocycles. The molecular formula is C8H12BrNS. The van der Waals surface area contributed by atoms with Crippen LogP contribution < -0.4 is 0 Å². The van der Waals surface area contributed by atoms with Crippen LogP contribution >= 0.6 is 27.3 Å². The zero-order valence-corrected chi connectivity index (χ0v) is 9.20. The van der Waals surface area contributed by atoms with E-state index in [1.165, 1.54) is 11.4 Å². The van der Waals surface area contributed by atoms with Crippen molar-refractivity contribution in [3.63, 3.8) is 0 Å². The molecule has 1 nitrogen and oxygen atoms in total. The molecule has 0 amide bonds. The lowest BCUT2D eigenvalue weighted by molar-refractivity contribution is 0.813. The minimum Gasteiger partial charge on any atom is -0.247 e. The first-order chi connectivity index (χ1) is 5.18. The summed E-state index contributed by atoms with van der Waals surface area (Å²) in [6, 6.07) is 0. The Hall–Kier alpha value is 0.110. The van der Waals surface area contributed by atoms with Crippen molar-refractivity contribution < 1.29 is 0 Å². The van der Waals surface area contributed by atoms with Gasteiger partial charge in [0, 0.05) is 22.3 Å². The Morgan fingerprint density at radius 3 is 2.91 bits per heavy atom. The minimum absolute atomic E-state index is 0.603. The van der Waals surface area contributed by atoms with Crippen LogP contribution in [0.3, 0.4) is 0 Å². The van der Waals surface area contributed by atoms with Gasteiger partial charge in [0.15, 0.2) is 0 Å². The van der Waals surface area contributed by atoms with Gasteiger partial charge in [-0.2, -0.15) is 0 Å². The van der Waals surface area contributed by atoms with Gasteiger partial charge in [-0.3, -0.25) is 0 Å². The predicted octanol–water partition coefficient (Wildman–Crippen LogP) is 3.17. The van der Waals surface area contributed by atoms with E-state index in [1.54, 1.807) is 11.3 Å². The SMILES string of the molecule is Cc1csc(CCC(C)Br)n1. The van der Waals surface area contributed by atoms with Crippen molar-refractivity contribution in [2.75, 3.05) is 0 Å². The summed E-state index contributed by atoms with van der Waals surface area (Å²) in [6.45, 7) is 4.21. The van der Waals surface area contributed by atoms with E-state index in [0.717, 1.165) is 12.1 Å². The smallest absolute Gasteiger partial charge is 0.0928 e. The molecule has 0 radical (unpaired) electrons. The maximum atomic E-state index is 4.38. The molecule has 0 fully saturated rings. The second kappa shape index (κ2) is 4.21. The van der Waals surface area contributed by atoms with E-state index in [0.29, 0.717) is 4.83 Å². The van der Waals surface area contributed by atoms with Crippen LogP contribution in [-0.2, 0) is 6.42 Å². The molecule has 1 atom stereocenters. The Bertz CT molecular complexity index is 220. The fraction of sp³-hybridized carbons (Fsp3) is 0.625. The number of aromatic nitrogens is 1. The molecule has 0 aliphatic rings. The Labute approximate surface area is 80.0 Å². The van der Waals surface area contributed by atoms with E-state index >= 15 is 0 Å². The van der Waals surface area contributed by atoms with Crippen LogP contribution in [0.1, 0.15) is 24.0 Å². The summed E-state index contributed by atoms with van der Waals surface area (Å²) in [4.78, 5) is 4.98. The molecule has 1 heterocycles. The number of alkyl halides is 1. The maximum absolute atomic E-state index is 4.38. The molecule has 0 bridgehead atoms. The highest BCUT2D eigenvalue weighted by Crippen LogP contribution is 2.14. The third-order valence-corrected chi connectivity index (χ3v) is 2.91. The molecule has 0 aliphatic heterocycles. The van der Waals surface area contributed by atoms with Crippen molar-refractivity contribution in [2.24, 2.45) is 0 Å². The summed E-state index contributed by atoms with van der Waals surface area (Å²) < 4.78 is 0. The Kier molecular flexibility index (Phi) is 3.52. The first kappa shape index (κ1) is 9.20. The van der Waals surface area contributed by atoms with Gasteiger partial charge in [0.1, 0.15) is 0 Å². The molecule has 0 spiro atoms. The third kappa shape index (κ3) is 3.34. The Balaban J connectivity index is 2.39. The molecule has 62 valence electrons. The molecule has 0 saturated heterocycles. The summed E-state index contributed by atoms with van der Waals surface area (Å²) in [5, 5.41) is 3.36. The molecule has 1 rings (SSSR count). The van der Waals surface area contributed by atoms with Gasteiger partial charge in [-0.15, -0.1) is 11.3 Å². The summed E-state index contributed by atoms with van der Waals surface area (Å²) in [7, 11) is 0. The lowest BCUT2D eigenvalue weighted by atomic mass is 10.3. The highest BCUT2D eigenvalue weighted by atomic mass is 79.9. The number of rotatable bonds is 3. The van der Waals surface area contributed by atoms with E-state index < -0.39 is 0 Å². The van der Waals surface area contributed by atoms with Gasteiger partial charge < -0.3 is 0 Å². The maximum Gasteiger partial charge on any atom is 0.0928 e. The average molecular weight is 234 g/mol. The normalized spacial score (nSPS) is 13.4. The van der Waals surface area contributed by atoms with Gasteiger partial charge in [-0.05, 0) is 13.3 Å². The van der Waals surface area contributed by atoms with Crippen LogP contribution in [0.25, 0.3) is 0 Å². The molecule has 0 saturated carbocycles. The van der Waals surface area contributed by atoms with Crippen molar-refractivity contribution in [2.45, 2.75) is 31.5 Å². The minimum atomic E-state index is 0.603. The molecule has 3 heteroatoms. The summed E-state index contributed by atoms with van der Waals surface area (Å²) in [6.07, 6.45) is 2.28. The van der Waals surface area contributed by atoms with E-state index in [2.05, 4.69) is 33.2 Å². The fourth-order valence-corrected chi connectivity index (χ4v) is 1.86. The van der Waals surface area contributed by atoms with Crippen LogP contribution in [0.2, 0.25) is 0 Å². The van der Waals surface area contributed by atoms with Crippen molar-refractivity contribution in [3.05, 3.63) is 16.1 Å². The topological polar surface area (TPSA) is 12.9 Å². The number of halogens is 1. The third-order valence-electron chi connectivity index (χ3n) is 1.42. The fourth-order valence-electron chi connectivity index (χ4n) is 0.840. The van der Waals surface area contributed by atoms with Gasteiger partial charge in [0.25, 0.3) is 0 Å². The van der Waals surface area contributed by atoms with Crippen molar-refractivity contribution >= 4 is 27.3 Å². The quantitative estimate of drug-likeness (QED) is 0.732. The summed E-state index contributed by atoms with van der Waals surface area (Å²) in [5.74, 6) is 0. The average Bonchev–Trinajstić information content (AvgIpc) is 2.31. The molecule has 0 aliphatic carbocycles. The second-order valence-electron chi connectivity index (χ2n) is 2.70. The largest absolute Gasteiger partial charge is 0.247 e. The Morgan fingerprint density at radius 1 is 1.73 bits per heavy atom. The number of thiazole rings is 1. The second-order valence-corrected chi connectivity index (χ2v) is 5.21. The highest BCUT2D eigenvalue weighted by Gasteiger charge is 2.00. The van der Waals surface area contributed by atoms with Gasteiger partial charge in [0.05, 0.1) is 5.01 Å². The van der Waals surface area contributed by atoms with Gasteiger partial charge in [0.2, 0.25) is 0 Å². The summed E-state index contributed by atoms with van der Waals surface area (Å²) in [5.41, 5.74) is 1.15. The predicted molar refractivity (Wildman–Crippen MR) is 53.6 cm³/mol. The molecule has 0 N–H and O–H groups in total. The zero-order valence-electron chi connectivity index (χ0n) is 6.80. The van der Waals surface area contributed by atoms with Gasteiger partial charge in [-0.1, -0.05) is 22.9 Å². The molecule has 1 unspecified atom stereocenters. The van der Waals surface area contributed by atoms with Crippen LogP contribution in [-0.4, -0.2) is 9.81 Å².